The first kappa shape index (κ1) is 17.4. The van der Waals surface area contributed by atoms with Crippen LogP contribution in [0.15, 0.2) is 47.3 Å². The lowest BCUT2D eigenvalue weighted by Crippen LogP contribution is -2.45. The minimum atomic E-state index is -0.231. The van der Waals surface area contributed by atoms with Gasteiger partial charge in [0, 0.05) is 25.3 Å². The third-order valence-electron chi connectivity index (χ3n) is 4.61. The lowest BCUT2D eigenvalue weighted by Gasteiger charge is -2.35. The van der Waals surface area contributed by atoms with Crippen LogP contribution in [0.3, 0.4) is 0 Å². The van der Waals surface area contributed by atoms with Crippen LogP contribution in [0.4, 0.5) is 0 Å². The molecule has 1 amide bonds. The van der Waals surface area contributed by atoms with E-state index < -0.39 is 0 Å². The van der Waals surface area contributed by atoms with Crippen LogP contribution >= 0.6 is 0 Å². The van der Waals surface area contributed by atoms with Crippen LogP contribution in [0.5, 0.6) is 0 Å². The second-order valence-corrected chi connectivity index (χ2v) is 6.36. The van der Waals surface area contributed by atoms with Gasteiger partial charge in [-0.1, -0.05) is 30.3 Å². The third kappa shape index (κ3) is 4.14. The highest BCUT2D eigenvalue weighted by molar-refractivity contribution is 5.92. The summed E-state index contributed by atoms with van der Waals surface area (Å²) in [6, 6.07) is 12.5. The molecule has 1 aliphatic rings. The van der Waals surface area contributed by atoms with Crippen LogP contribution in [0.1, 0.15) is 41.7 Å². The standard InChI is InChI=1S/C19H23N3O3/c23-13-11-16-8-4-5-12-21(16)19(25)17-9-10-18(24)22(20-17)14-15-6-2-1-3-7-15/h1-3,6-7,9-10,16,23H,4-5,8,11-14H2. The van der Waals surface area contributed by atoms with Gasteiger partial charge in [0.1, 0.15) is 5.69 Å². The molecule has 3 rings (SSSR count). The molecule has 1 atom stereocenters. The average Bonchev–Trinajstić information content (AvgIpc) is 2.65. The van der Waals surface area contributed by atoms with Gasteiger partial charge in [-0.3, -0.25) is 9.59 Å². The fourth-order valence-electron chi connectivity index (χ4n) is 3.30. The summed E-state index contributed by atoms with van der Waals surface area (Å²) >= 11 is 0. The Balaban J connectivity index is 1.83. The van der Waals surface area contributed by atoms with Gasteiger partial charge in [-0.25, -0.2) is 4.68 Å². The van der Waals surface area contributed by atoms with Gasteiger partial charge in [-0.15, -0.1) is 0 Å². The van der Waals surface area contributed by atoms with Crippen LogP contribution < -0.4 is 5.56 Å². The first-order valence-corrected chi connectivity index (χ1v) is 8.73. The third-order valence-corrected chi connectivity index (χ3v) is 4.61. The number of rotatable bonds is 5. The Hall–Kier alpha value is -2.47. The van der Waals surface area contributed by atoms with Gasteiger partial charge in [-0.2, -0.15) is 5.10 Å². The summed E-state index contributed by atoms with van der Waals surface area (Å²) in [5, 5.41) is 13.5. The van der Waals surface area contributed by atoms with Crippen molar-refractivity contribution in [1.29, 1.82) is 0 Å². The number of piperidine rings is 1. The number of carbonyl (C=O) groups excluding carboxylic acids is 1. The molecule has 132 valence electrons. The number of likely N-dealkylation sites (tertiary alicyclic amines) is 1. The van der Waals surface area contributed by atoms with E-state index in [0.717, 1.165) is 24.8 Å². The molecular formula is C19H23N3O3. The Morgan fingerprint density at radius 2 is 1.96 bits per heavy atom. The van der Waals surface area contributed by atoms with Crippen molar-refractivity contribution in [3.63, 3.8) is 0 Å². The molecule has 0 saturated carbocycles. The van der Waals surface area contributed by atoms with E-state index in [1.54, 1.807) is 4.90 Å². The van der Waals surface area contributed by atoms with Crippen molar-refractivity contribution in [3.8, 4) is 0 Å². The number of aliphatic hydroxyl groups is 1. The highest BCUT2D eigenvalue weighted by Crippen LogP contribution is 2.21. The highest BCUT2D eigenvalue weighted by atomic mass is 16.3. The molecule has 25 heavy (non-hydrogen) atoms. The zero-order valence-corrected chi connectivity index (χ0v) is 14.2. The van der Waals surface area contributed by atoms with Crippen LogP contribution in [0, 0.1) is 0 Å². The highest BCUT2D eigenvalue weighted by Gasteiger charge is 2.28. The predicted octanol–water partition coefficient (Wildman–Crippen LogP) is 1.67. The minimum absolute atomic E-state index is 0.0440. The normalized spacial score (nSPS) is 17.5. The lowest BCUT2D eigenvalue weighted by atomic mass is 9.99. The Morgan fingerprint density at radius 1 is 1.16 bits per heavy atom. The van der Waals surface area contributed by atoms with E-state index >= 15 is 0 Å². The number of amides is 1. The Morgan fingerprint density at radius 3 is 2.72 bits per heavy atom. The SMILES string of the molecule is O=C(c1ccc(=O)n(Cc2ccccc2)n1)N1CCCCC1CCO. The van der Waals surface area contributed by atoms with E-state index in [4.69, 9.17) is 0 Å². The summed E-state index contributed by atoms with van der Waals surface area (Å²) in [6.45, 7) is 1.07. The van der Waals surface area contributed by atoms with E-state index in [-0.39, 0.29) is 29.8 Å². The van der Waals surface area contributed by atoms with Gasteiger partial charge in [0.05, 0.1) is 6.54 Å². The van der Waals surface area contributed by atoms with Gasteiger partial charge in [-0.05, 0) is 37.3 Å². The topological polar surface area (TPSA) is 75.4 Å². The molecule has 1 N–H and O–H groups in total. The molecule has 6 nitrogen and oxygen atoms in total. The average molecular weight is 341 g/mol. The van der Waals surface area contributed by atoms with Gasteiger partial charge >= 0.3 is 0 Å². The molecule has 2 aromatic rings. The summed E-state index contributed by atoms with van der Waals surface area (Å²) in [5.41, 5.74) is 1.00. The molecule has 1 aromatic heterocycles. The van der Waals surface area contributed by atoms with Crippen molar-refractivity contribution in [2.75, 3.05) is 13.2 Å². The van der Waals surface area contributed by atoms with Crippen LogP contribution in [0.2, 0.25) is 0 Å². The molecule has 0 spiro atoms. The predicted molar refractivity (Wildman–Crippen MR) is 94.4 cm³/mol. The molecule has 0 radical (unpaired) electrons. The molecule has 6 heteroatoms. The molecule has 1 aliphatic heterocycles. The van der Waals surface area contributed by atoms with E-state index in [1.165, 1.54) is 16.8 Å². The second kappa shape index (κ2) is 8.07. The fraction of sp³-hybridized carbons (Fsp3) is 0.421. The van der Waals surface area contributed by atoms with E-state index in [1.807, 2.05) is 30.3 Å². The zero-order chi connectivity index (χ0) is 17.6. The van der Waals surface area contributed by atoms with E-state index in [2.05, 4.69) is 5.10 Å². The Labute approximate surface area is 146 Å². The van der Waals surface area contributed by atoms with Crippen LogP contribution in [-0.2, 0) is 6.54 Å². The van der Waals surface area contributed by atoms with Gasteiger partial charge < -0.3 is 10.0 Å². The van der Waals surface area contributed by atoms with Crippen molar-refractivity contribution in [2.45, 2.75) is 38.3 Å². The number of aliphatic hydroxyl groups excluding tert-OH is 1. The molecule has 1 saturated heterocycles. The molecular weight excluding hydrogens is 318 g/mol. The molecule has 1 aromatic carbocycles. The molecule has 1 fully saturated rings. The van der Waals surface area contributed by atoms with Crippen LogP contribution in [0.25, 0.3) is 0 Å². The summed E-state index contributed by atoms with van der Waals surface area (Å²) in [6.07, 6.45) is 3.50. The van der Waals surface area contributed by atoms with Gasteiger partial charge in [0.2, 0.25) is 0 Å². The van der Waals surface area contributed by atoms with Gasteiger partial charge in [0.15, 0.2) is 0 Å². The lowest BCUT2D eigenvalue weighted by molar-refractivity contribution is 0.0566. The Kier molecular flexibility index (Phi) is 5.60. The number of hydrogen-bond donors (Lipinski definition) is 1. The van der Waals surface area contributed by atoms with Crippen LogP contribution in [-0.4, -0.2) is 44.9 Å². The van der Waals surface area contributed by atoms with Crippen molar-refractivity contribution in [3.05, 3.63) is 64.1 Å². The second-order valence-electron chi connectivity index (χ2n) is 6.36. The van der Waals surface area contributed by atoms with Crippen molar-refractivity contribution >= 4 is 5.91 Å². The van der Waals surface area contributed by atoms with E-state index in [9.17, 15) is 14.7 Å². The summed E-state index contributed by atoms with van der Waals surface area (Å²) < 4.78 is 1.33. The number of benzene rings is 1. The maximum absolute atomic E-state index is 12.9. The zero-order valence-electron chi connectivity index (χ0n) is 14.2. The maximum atomic E-state index is 12.9. The van der Waals surface area contributed by atoms with Crippen molar-refractivity contribution in [2.24, 2.45) is 0 Å². The molecule has 2 heterocycles. The largest absolute Gasteiger partial charge is 0.396 e. The molecule has 0 bridgehead atoms. The van der Waals surface area contributed by atoms with E-state index in [0.29, 0.717) is 19.5 Å². The number of nitrogens with zero attached hydrogens (tertiary/aromatic N) is 3. The maximum Gasteiger partial charge on any atom is 0.274 e. The summed E-state index contributed by atoms with van der Waals surface area (Å²) in [5.74, 6) is -0.167. The quantitative estimate of drug-likeness (QED) is 0.898. The number of hydrogen-bond acceptors (Lipinski definition) is 4. The first-order chi connectivity index (χ1) is 12.2. The number of carbonyl (C=O) groups is 1. The summed E-state index contributed by atoms with van der Waals surface area (Å²) in [7, 11) is 0. The first-order valence-electron chi connectivity index (χ1n) is 8.73. The summed E-state index contributed by atoms with van der Waals surface area (Å²) in [4.78, 5) is 26.7. The Bertz CT molecular complexity index is 771. The monoisotopic (exact) mass is 341 g/mol. The molecule has 1 unspecified atom stereocenters. The fourth-order valence-corrected chi connectivity index (χ4v) is 3.30. The minimum Gasteiger partial charge on any atom is -0.396 e. The molecule has 0 aliphatic carbocycles. The number of aromatic nitrogens is 2. The van der Waals surface area contributed by atoms with Crippen molar-refractivity contribution in [1.82, 2.24) is 14.7 Å². The van der Waals surface area contributed by atoms with Gasteiger partial charge in [0.25, 0.3) is 11.5 Å². The van der Waals surface area contributed by atoms with Crippen molar-refractivity contribution < 1.29 is 9.90 Å². The smallest absolute Gasteiger partial charge is 0.274 e.